The molecule has 0 radical (unpaired) electrons. The number of carbonyl (C=O) groups is 1. The molecule has 1 amide bonds. The topological polar surface area (TPSA) is 84.4 Å². The van der Waals surface area contributed by atoms with Crippen molar-refractivity contribution in [2.45, 2.75) is 32.9 Å². The van der Waals surface area contributed by atoms with E-state index < -0.39 is 0 Å². The van der Waals surface area contributed by atoms with E-state index in [0.29, 0.717) is 32.3 Å². The van der Waals surface area contributed by atoms with Gasteiger partial charge >= 0.3 is 0 Å². The third-order valence-electron chi connectivity index (χ3n) is 4.29. The van der Waals surface area contributed by atoms with Crippen LogP contribution in [-0.4, -0.2) is 70.4 Å². The van der Waals surface area contributed by atoms with Gasteiger partial charge < -0.3 is 29.7 Å². The highest BCUT2D eigenvalue weighted by Crippen LogP contribution is 2.35. The predicted octanol–water partition coefficient (Wildman–Crippen LogP) is 1.80. The fourth-order valence-electron chi connectivity index (χ4n) is 2.82. The Labute approximate surface area is 190 Å². The van der Waals surface area contributed by atoms with E-state index in [2.05, 4.69) is 22.5 Å². The largest absolute Gasteiger partial charge is 0.494 e. The molecular weight excluding hydrogens is 487 g/mol. The summed E-state index contributed by atoms with van der Waals surface area (Å²) in [7, 11) is 5.08. The number of likely N-dealkylation sites (N-methyl/N-ethyl adjacent to an activating group) is 1. The standard InChI is InChI=1S/C20H32N4O4.HI/c1-6-27-17-10-15-9-14(2)28-18(15)11-16(17)12-22-20(21-7-8-26-5)23-13-19(25)24(3)4;/h10-11,14H,6-9,12-13H2,1-5H3,(H2,21,22,23);1H. The zero-order chi connectivity index (χ0) is 20.5. The zero-order valence-electron chi connectivity index (χ0n) is 17.9. The van der Waals surface area contributed by atoms with E-state index in [-0.39, 0.29) is 42.5 Å². The highest BCUT2D eigenvalue weighted by Gasteiger charge is 2.21. The van der Waals surface area contributed by atoms with Crippen LogP contribution in [0, 0.1) is 0 Å². The van der Waals surface area contributed by atoms with Crippen LogP contribution in [0.15, 0.2) is 17.1 Å². The molecule has 0 saturated heterocycles. The Kier molecular flexibility index (Phi) is 11.1. The number of rotatable bonds is 9. The van der Waals surface area contributed by atoms with Gasteiger partial charge in [-0.2, -0.15) is 0 Å². The van der Waals surface area contributed by atoms with Crippen LogP contribution in [0.3, 0.4) is 0 Å². The Bertz CT molecular complexity index is 697. The normalized spacial score (nSPS) is 15.1. The Morgan fingerprint density at radius 2 is 2.10 bits per heavy atom. The minimum atomic E-state index is -0.0313. The van der Waals surface area contributed by atoms with E-state index in [9.17, 15) is 4.79 Å². The van der Waals surface area contributed by atoms with Crippen LogP contribution in [0.4, 0.5) is 0 Å². The van der Waals surface area contributed by atoms with Crippen LogP contribution in [0.2, 0.25) is 0 Å². The molecule has 9 heteroatoms. The van der Waals surface area contributed by atoms with Gasteiger partial charge in [0.05, 0.1) is 26.3 Å². The molecule has 2 N–H and O–H groups in total. The van der Waals surface area contributed by atoms with Crippen molar-refractivity contribution in [2.75, 3.05) is 47.5 Å². The molecule has 29 heavy (non-hydrogen) atoms. The summed E-state index contributed by atoms with van der Waals surface area (Å²) in [6.07, 6.45) is 1.06. The molecule has 0 aromatic heterocycles. The van der Waals surface area contributed by atoms with Crippen LogP contribution in [-0.2, 0) is 22.5 Å². The van der Waals surface area contributed by atoms with Gasteiger partial charge in [0.25, 0.3) is 0 Å². The summed E-state index contributed by atoms with van der Waals surface area (Å²) in [5, 5.41) is 6.23. The zero-order valence-corrected chi connectivity index (χ0v) is 20.2. The molecule has 1 aliphatic heterocycles. The maximum absolute atomic E-state index is 11.9. The average Bonchev–Trinajstić information content (AvgIpc) is 3.02. The summed E-state index contributed by atoms with van der Waals surface area (Å²) < 4.78 is 16.8. The lowest BCUT2D eigenvalue weighted by Crippen LogP contribution is -2.43. The van der Waals surface area contributed by atoms with E-state index >= 15 is 0 Å². The molecule has 2 rings (SSSR count). The van der Waals surface area contributed by atoms with Gasteiger partial charge in [0, 0.05) is 45.3 Å². The number of nitrogens with one attached hydrogen (secondary N) is 2. The number of fused-ring (bicyclic) bond motifs is 1. The number of benzene rings is 1. The number of amides is 1. The van der Waals surface area contributed by atoms with Gasteiger partial charge in [-0.3, -0.25) is 4.79 Å². The van der Waals surface area contributed by atoms with Crippen molar-refractivity contribution in [3.8, 4) is 11.5 Å². The van der Waals surface area contributed by atoms with Crippen molar-refractivity contribution in [1.29, 1.82) is 0 Å². The number of guanidine groups is 1. The first-order valence-corrected chi connectivity index (χ1v) is 9.61. The van der Waals surface area contributed by atoms with E-state index in [1.54, 1.807) is 21.2 Å². The number of aliphatic imine (C=N–C) groups is 1. The highest BCUT2D eigenvalue weighted by molar-refractivity contribution is 14.0. The molecule has 1 atom stereocenters. The summed E-state index contributed by atoms with van der Waals surface area (Å²) in [6.45, 7) is 6.29. The minimum absolute atomic E-state index is 0. The average molecular weight is 520 g/mol. The molecule has 0 fully saturated rings. The monoisotopic (exact) mass is 520 g/mol. The highest BCUT2D eigenvalue weighted by atomic mass is 127. The minimum Gasteiger partial charge on any atom is -0.494 e. The molecule has 0 bridgehead atoms. The lowest BCUT2D eigenvalue weighted by Gasteiger charge is -2.15. The van der Waals surface area contributed by atoms with Crippen LogP contribution in [0.5, 0.6) is 11.5 Å². The summed E-state index contributed by atoms with van der Waals surface area (Å²) in [6, 6.07) is 4.05. The fourth-order valence-corrected chi connectivity index (χ4v) is 2.82. The Hall–Kier alpha value is -1.75. The van der Waals surface area contributed by atoms with Crippen molar-refractivity contribution < 1.29 is 19.0 Å². The quantitative estimate of drug-likeness (QED) is 0.224. The Balaban J connectivity index is 0.00000420. The molecule has 0 aliphatic carbocycles. The molecule has 1 aromatic rings. The third-order valence-corrected chi connectivity index (χ3v) is 4.29. The SMILES string of the molecule is CCOc1cc2c(cc1CN=C(NCCOC)NCC(=O)N(C)C)OC(C)C2.I. The number of nitrogens with zero attached hydrogens (tertiary/aromatic N) is 2. The molecule has 1 unspecified atom stereocenters. The Morgan fingerprint density at radius 1 is 1.34 bits per heavy atom. The first kappa shape index (κ1) is 25.3. The van der Waals surface area contributed by atoms with E-state index in [4.69, 9.17) is 14.2 Å². The molecule has 1 aromatic carbocycles. The van der Waals surface area contributed by atoms with E-state index in [1.807, 2.05) is 19.1 Å². The predicted molar refractivity (Wildman–Crippen MR) is 125 cm³/mol. The van der Waals surface area contributed by atoms with Crippen molar-refractivity contribution in [3.63, 3.8) is 0 Å². The van der Waals surface area contributed by atoms with Crippen LogP contribution in [0.1, 0.15) is 25.0 Å². The lowest BCUT2D eigenvalue weighted by molar-refractivity contribution is -0.127. The fraction of sp³-hybridized carbons (Fsp3) is 0.600. The van der Waals surface area contributed by atoms with E-state index in [0.717, 1.165) is 29.0 Å². The summed E-state index contributed by atoms with van der Waals surface area (Å²) >= 11 is 0. The molecule has 1 aliphatic rings. The second kappa shape index (κ2) is 12.7. The number of carbonyl (C=O) groups excluding carboxylic acids is 1. The molecule has 8 nitrogen and oxygen atoms in total. The third kappa shape index (κ3) is 7.88. The lowest BCUT2D eigenvalue weighted by atomic mass is 10.1. The van der Waals surface area contributed by atoms with Crippen LogP contribution < -0.4 is 20.1 Å². The van der Waals surface area contributed by atoms with Crippen molar-refractivity contribution >= 4 is 35.8 Å². The second-order valence-electron chi connectivity index (χ2n) is 6.86. The number of hydrogen-bond donors (Lipinski definition) is 2. The van der Waals surface area contributed by atoms with Crippen LogP contribution >= 0.6 is 24.0 Å². The van der Waals surface area contributed by atoms with Gasteiger partial charge in [-0.05, 0) is 26.0 Å². The summed E-state index contributed by atoms with van der Waals surface area (Å²) in [5.74, 6) is 2.23. The number of methoxy groups -OCH3 is 1. The Morgan fingerprint density at radius 3 is 2.76 bits per heavy atom. The van der Waals surface area contributed by atoms with Gasteiger partial charge in [-0.15, -0.1) is 24.0 Å². The molecule has 0 saturated carbocycles. The van der Waals surface area contributed by atoms with Crippen molar-refractivity contribution in [2.24, 2.45) is 4.99 Å². The van der Waals surface area contributed by atoms with E-state index in [1.165, 1.54) is 4.90 Å². The first-order chi connectivity index (χ1) is 13.4. The van der Waals surface area contributed by atoms with Gasteiger partial charge in [0.15, 0.2) is 5.96 Å². The van der Waals surface area contributed by atoms with Gasteiger partial charge in [0.2, 0.25) is 5.91 Å². The smallest absolute Gasteiger partial charge is 0.241 e. The van der Waals surface area contributed by atoms with Gasteiger partial charge in [-0.1, -0.05) is 0 Å². The number of ether oxygens (including phenoxy) is 3. The van der Waals surface area contributed by atoms with Gasteiger partial charge in [0.1, 0.15) is 17.6 Å². The number of halogens is 1. The van der Waals surface area contributed by atoms with Crippen LogP contribution in [0.25, 0.3) is 0 Å². The number of hydrogen-bond acceptors (Lipinski definition) is 5. The maximum atomic E-state index is 11.9. The van der Waals surface area contributed by atoms with Gasteiger partial charge in [-0.25, -0.2) is 4.99 Å². The van der Waals surface area contributed by atoms with Crippen molar-refractivity contribution in [1.82, 2.24) is 15.5 Å². The summed E-state index contributed by atoms with van der Waals surface area (Å²) in [4.78, 5) is 18.0. The molecule has 1 heterocycles. The molecule has 164 valence electrons. The maximum Gasteiger partial charge on any atom is 0.241 e. The van der Waals surface area contributed by atoms with Crippen molar-refractivity contribution in [3.05, 3.63) is 23.3 Å². The summed E-state index contributed by atoms with van der Waals surface area (Å²) in [5.41, 5.74) is 2.11. The second-order valence-corrected chi connectivity index (χ2v) is 6.86. The molecule has 0 spiro atoms. The first-order valence-electron chi connectivity index (χ1n) is 9.61. The molecular formula is C20H33IN4O4.